The first kappa shape index (κ1) is 21.5. The molecule has 13 heteroatoms. The van der Waals surface area contributed by atoms with E-state index in [-0.39, 0.29) is 22.2 Å². The highest BCUT2D eigenvalue weighted by molar-refractivity contribution is 8.00. The number of allylic oxidation sites excluding steroid dienone is 2. The number of aromatic nitrogens is 1. The molecule has 2 aliphatic heterocycles. The first-order valence-electron chi connectivity index (χ1n) is 8.56. The number of aliphatic carboxylic acids is 1. The molecule has 11 nitrogen and oxygen atoms in total. The predicted molar refractivity (Wildman–Crippen MR) is 109 cm³/mol. The van der Waals surface area contributed by atoms with E-state index in [4.69, 9.17) is 5.73 Å². The number of β-lactam (4-membered cyclic amide) rings is 1. The van der Waals surface area contributed by atoms with Crippen molar-refractivity contribution in [2.75, 3.05) is 11.5 Å². The van der Waals surface area contributed by atoms with E-state index in [9.17, 15) is 24.3 Å². The maximum Gasteiger partial charge on any atom is 0.352 e. The minimum Gasteiger partial charge on any atom is -0.477 e. The second-order valence-corrected chi connectivity index (χ2v) is 8.13. The van der Waals surface area contributed by atoms with Gasteiger partial charge in [0.15, 0.2) is 10.8 Å². The third kappa shape index (κ3) is 4.07. The Balaban J connectivity index is 1.82. The summed E-state index contributed by atoms with van der Waals surface area (Å²) in [7, 11) is 0. The summed E-state index contributed by atoms with van der Waals surface area (Å²) in [4.78, 5) is 57.8. The molecule has 1 aromatic heterocycles. The molecule has 0 saturated carbocycles. The second kappa shape index (κ2) is 8.67. The zero-order chi connectivity index (χ0) is 22.0. The van der Waals surface area contributed by atoms with Crippen LogP contribution >= 0.6 is 23.1 Å². The number of thioether (sulfide) groups is 1. The van der Waals surface area contributed by atoms with Gasteiger partial charge in [-0.1, -0.05) is 17.3 Å². The molecule has 2 atom stereocenters. The fraction of sp³-hybridized carbons (Fsp3) is 0.294. The number of amides is 2. The van der Waals surface area contributed by atoms with Crippen LogP contribution < -0.4 is 11.1 Å². The number of carbonyl (C=O) groups is 4. The summed E-state index contributed by atoms with van der Waals surface area (Å²) >= 11 is 2.38. The lowest BCUT2D eigenvalue weighted by Gasteiger charge is -2.49. The highest BCUT2D eigenvalue weighted by atomic mass is 32.2. The number of nitrogen functional groups attached to an aromatic ring is 1. The van der Waals surface area contributed by atoms with Crippen LogP contribution in [-0.2, 0) is 24.0 Å². The van der Waals surface area contributed by atoms with Crippen LogP contribution in [0.3, 0.4) is 0 Å². The molecule has 0 unspecified atom stereocenters. The van der Waals surface area contributed by atoms with Crippen LogP contribution in [0.15, 0.2) is 34.0 Å². The maximum absolute atomic E-state index is 12.7. The van der Waals surface area contributed by atoms with Gasteiger partial charge >= 0.3 is 11.9 Å². The van der Waals surface area contributed by atoms with Gasteiger partial charge < -0.3 is 21.0 Å². The van der Waals surface area contributed by atoms with Gasteiger partial charge in [-0.05, 0) is 12.5 Å². The van der Waals surface area contributed by atoms with Crippen molar-refractivity contribution in [3.8, 4) is 0 Å². The number of fused-ring (bicyclic) bond motifs is 1. The molecule has 158 valence electrons. The number of nitrogens with zero attached hydrogens (tertiary/aromatic N) is 3. The largest absolute Gasteiger partial charge is 0.477 e. The van der Waals surface area contributed by atoms with Gasteiger partial charge in [0.1, 0.15) is 22.8 Å². The number of hydrogen-bond donors (Lipinski definition) is 3. The normalized spacial score (nSPS) is 21.3. The Labute approximate surface area is 178 Å². The summed E-state index contributed by atoms with van der Waals surface area (Å²) < 4.78 is 0. The highest BCUT2D eigenvalue weighted by Crippen LogP contribution is 2.40. The number of nitrogens with two attached hydrogens (primary N) is 1. The molecule has 1 aromatic rings. The van der Waals surface area contributed by atoms with Gasteiger partial charge in [-0.25, -0.2) is 14.6 Å². The maximum atomic E-state index is 12.7. The van der Waals surface area contributed by atoms with Gasteiger partial charge in [-0.15, -0.1) is 23.1 Å². The second-order valence-electron chi connectivity index (χ2n) is 6.13. The fourth-order valence-corrected chi connectivity index (χ4v) is 4.76. The number of thiazole rings is 1. The SMILES string of the molecule is C/C=C/C1=C(C(=O)O)N2C(=O)[C@@H](NC(=O)/C(=N\OC(C)=O)c3csc(N)n3)[C@@H]2SC1. The first-order valence-corrected chi connectivity index (χ1v) is 10.5. The summed E-state index contributed by atoms with van der Waals surface area (Å²) in [5.74, 6) is -2.97. The van der Waals surface area contributed by atoms with E-state index in [2.05, 4.69) is 20.3 Å². The first-order chi connectivity index (χ1) is 14.2. The molecule has 30 heavy (non-hydrogen) atoms. The van der Waals surface area contributed by atoms with Gasteiger partial charge in [-0.3, -0.25) is 14.5 Å². The minimum absolute atomic E-state index is 0.0812. The highest BCUT2D eigenvalue weighted by Gasteiger charge is 2.54. The van der Waals surface area contributed by atoms with E-state index < -0.39 is 35.2 Å². The van der Waals surface area contributed by atoms with Gasteiger partial charge in [0.25, 0.3) is 11.8 Å². The molecular formula is C17H17N5O6S2. The molecule has 0 aliphatic carbocycles. The van der Waals surface area contributed by atoms with Crippen LogP contribution in [0, 0.1) is 0 Å². The molecule has 4 N–H and O–H groups in total. The van der Waals surface area contributed by atoms with E-state index in [1.807, 2.05) is 0 Å². The number of oxime groups is 1. The summed E-state index contributed by atoms with van der Waals surface area (Å²) in [5, 5.41) is 16.6. The molecule has 0 spiro atoms. The summed E-state index contributed by atoms with van der Waals surface area (Å²) in [6.45, 7) is 2.86. The molecule has 0 aromatic carbocycles. The zero-order valence-corrected chi connectivity index (χ0v) is 17.5. The fourth-order valence-electron chi connectivity index (χ4n) is 2.89. The van der Waals surface area contributed by atoms with Gasteiger partial charge in [0, 0.05) is 18.1 Å². The Bertz CT molecular complexity index is 1010. The van der Waals surface area contributed by atoms with Gasteiger partial charge in [0.05, 0.1) is 0 Å². The lowest BCUT2D eigenvalue weighted by Crippen LogP contribution is -2.71. The number of carbonyl (C=O) groups excluding carboxylic acids is 3. The summed E-state index contributed by atoms with van der Waals surface area (Å²) in [6.07, 6.45) is 3.34. The Morgan fingerprint density at radius 3 is 2.77 bits per heavy atom. The van der Waals surface area contributed by atoms with Crippen LogP contribution in [0.5, 0.6) is 0 Å². The number of hydrogen-bond acceptors (Lipinski definition) is 10. The Morgan fingerprint density at radius 2 is 2.20 bits per heavy atom. The van der Waals surface area contributed by atoms with Crippen LogP contribution in [0.2, 0.25) is 0 Å². The van der Waals surface area contributed by atoms with Crippen molar-refractivity contribution in [3.05, 3.63) is 34.5 Å². The van der Waals surface area contributed by atoms with Crippen molar-refractivity contribution in [1.82, 2.24) is 15.2 Å². The third-order valence-corrected chi connectivity index (χ3v) is 6.08. The van der Waals surface area contributed by atoms with Crippen molar-refractivity contribution in [3.63, 3.8) is 0 Å². The van der Waals surface area contributed by atoms with Crippen molar-refractivity contribution < 1.29 is 29.1 Å². The topological polar surface area (TPSA) is 164 Å². The molecule has 2 amide bonds. The smallest absolute Gasteiger partial charge is 0.352 e. The average molecular weight is 451 g/mol. The van der Waals surface area contributed by atoms with Gasteiger partial charge in [-0.2, -0.15) is 0 Å². The van der Waals surface area contributed by atoms with E-state index in [1.54, 1.807) is 19.1 Å². The third-order valence-electron chi connectivity index (χ3n) is 4.10. The lowest BCUT2D eigenvalue weighted by atomic mass is 10.0. The van der Waals surface area contributed by atoms with Crippen LogP contribution in [0.4, 0.5) is 5.13 Å². The van der Waals surface area contributed by atoms with Crippen LogP contribution in [0.1, 0.15) is 19.5 Å². The Hall–Kier alpha value is -3.19. The monoisotopic (exact) mass is 451 g/mol. The number of anilines is 1. The molecule has 3 rings (SSSR count). The molecular weight excluding hydrogens is 434 g/mol. The van der Waals surface area contributed by atoms with Crippen LogP contribution in [0.25, 0.3) is 0 Å². The average Bonchev–Trinajstić information content (AvgIpc) is 3.11. The van der Waals surface area contributed by atoms with E-state index in [0.717, 1.165) is 23.2 Å². The number of carboxylic acid groups (broad SMARTS) is 1. The molecule has 1 saturated heterocycles. The van der Waals surface area contributed by atoms with Crippen LogP contribution in [-0.4, -0.2) is 61.6 Å². The minimum atomic E-state index is -1.22. The number of carboxylic acids is 1. The van der Waals surface area contributed by atoms with Gasteiger partial charge in [0.2, 0.25) is 0 Å². The van der Waals surface area contributed by atoms with Crippen molar-refractivity contribution in [2.45, 2.75) is 25.3 Å². The lowest BCUT2D eigenvalue weighted by molar-refractivity contribution is -0.150. The number of nitrogens with one attached hydrogen (secondary N) is 1. The standard InChI is InChI=1S/C17H17N5O6S2/c1-3-4-8-5-29-15-11(14(25)22(15)12(8)16(26)27)20-13(24)10(21-28-7(2)23)9-6-30-17(18)19-9/h3-4,6,11,15H,5H2,1-2H3,(H2,18,19)(H,20,24)(H,26,27)/b4-3+,21-10-/t11-,15+/m1/s1. The zero-order valence-electron chi connectivity index (χ0n) is 15.8. The van der Waals surface area contributed by atoms with Crippen molar-refractivity contribution in [2.24, 2.45) is 5.16 Å². The summed E-state index contributed by atoms with van der Waals surface area (Å²) in [6, 6.07) is -0.970. The molecule has 0 radical (unpaired) electrons. The molecule has 0 bridgehead atoms. The molecule has 2 aliphatic rings. The van der Waals surface area contributed by atoms with Crippen molar-refractivity contribution in [1.29, 1.82) is 0 Å². The van der Waals surface area contributed by atoms with E-state index >= 15 is 0 Å². The summed E-state index contributed by atoms with van der Waals surface area (Å²) in [5.41, 5.74) is 5.75. The predicted octanol–water partition coefficient (Wildman–Crippen LogP) is 0.307. The molecule has 1 fully saturated rings. The Morgan fingerprint density at radius 1 is 1.47 bits per heavy atom. The quantitative estimate of drug-likeness (QED) is 0.239. The van der Waals surface area contributed by atoms with E-state index in [0.29, 0.717) is 11.3 Å². The van der Waals surface area contributed by atoms with Crippen molar-refractivity contribution >= 4 is 57.7 Å². The Kier molecular flexibility index (Phi) is 6.22. The van der Waals surface area contributed by atoms with E-state index in [1.165, 1.54) is 17.1 Å². The number of rotatable bonds is 6. The molecule has 3 heterocycles.